The smallest absolute Gasteiger partial charge is 0.135 e. The van der Waals surface area contributed by atoms with Crippen LogP contribution in [0.4, 0.5) is 0 Å². The Morgan fingerprint density at radius 1 is 0.786 bits per heavy atom. The number of epoxide rings is 2. The van der Waals surface area contributed by atoms with Crippen LogP contribution >= 0.6 is 0 Å². The van der Waals surface area contributed by atoms with Gasteiger partial charge in [0.05, 0.1) is 13.2 Å². The second-order valence-corrected chi connectivity index (χ2v) is 8.75. The second kappa shape index (κ2) is 6.64. The van der Waals surface area contributed by atoms with Gasteiger partial charge in [0.25, 0.3) is 0 Å². The van der Waals surface area contributed by atoms with Crippen LogP contribution in [-0.2, 0) is 14.9 Å². The first-order valence-electron chi connectivity index (χ1n) is 9.98. The van der Waals surface area contributed by atoms with Crippen molar-refractivity contribution in [1.82, 2.24) is 0 Å². The standard InChI is InChI=1S/C24H26O4/c1-24(2,3)15-8-9-20-21(10-15)23(28-14-17-12-26-17)19-7-5-4-6-18(19)22(20)27-13-16-11-25-16/h4-10,16-17H,11-14H2,1-3H3. The summed E-state index contributed by atoms with van der Waals surface area (Å²) in [5.74, 6) is 1.83. The normalized spacial score (nSPS) is 21.1. The van der Waals surface area contributed by atoms with Gasteiger partial charge in [-0.25, -0.2) is 0 Å². The summed E-state index contributed by atoms with van der Waals surface area (Å²) in [5.41, 5.74) is 1.33. The summed E-state index contributed by atoms with van der Waals surface area (Å²) in [5, 5.41) is 4.33. The average Bonchev–Trinajstić information content (AvgIpc) is 3.58. The molecule has 2 aliphatic rings. The second-order valence-electron chi connectivity index (χ2n) is 8.75. The van der Waals surface area contributed by atoms with Gasteiger partial charge in [0.15, 0.2) is 0 Å². The molecule has 146 valence electrons. The highest BCUT2D eigenvalue weighted by Gasteiger charge is 2.27. The number of benzene rings is 3. The van der Waals surface area contributed by atoms with E-state index >= 15 is 0 Å². The molecule has 0 aliphatic carbocycles. The highest BCUT2D eigenvalue weighted by Crippen LogP contribution is 2.44. The fourth-order valence-corrected chi connectivity index (χ4v) is 3.56. The third-order valence-corrected chi connectivity index (χ3v) is 5.42. The summed E-state index contributed by atoms with van der Waals surface area (Å²) in [6.45, 7) is 9.42. The third kappa shape index (κ3) is 3.43. The fraction of sp³-hybridized carbons (Fsp3) is 0.417. The van der Waals surface area contributed by atoms with Gasteiger partial charge in [-0.2, -0.15) is 0 Å². The van der Waals surface area contributed by atoms with Crippen molar-refractivity contribution in [3.05, 3.63) is 48.0 Å². The van der Waals surface area contributed by atoms with Gasteiger partial charge in [-0.3, -0.25) is 0 Å². The van der Waals surface area contributed by atoms with E-state index in [1.807, 2.05) is 6.07 Å². The van der Waals surface area contributed by atoms with Crippen molar-refractivity contribution in [2.45, 2.75) is 38.4 Å². The number of hydrogen-bond acceptors (Lipinski definition) is 4. The van der Waals surface area contributed by atoms with Crippen molar-refractivity contribution < 1.29 is 18.9 Å². The molecule has 3 aromatic rings. The predicted molar refractivity (Wildman–Crippen MR) is 111 cm³/mol. The Labute approximate surface area is 165 Å². The summed E-state index contributed by atoms with van der Waals surface area (Å²) >= 11 is 0. The molecule has 0 N–H and O–H groups in total. The summed E-state index contributed by atoms with van der Waals surface area (Å²) in [6.07, 6.45) is 0.424. The van der Waals surface area contributed by atoms with E-state index < -0.39 is 0 Å². The Balaban J connectivity index is 1.72. The summed E-state index contributed by atoms with van der Waals surface area (Å²) in [7, 11) is 0. The largest absolute Gasteiger partial charge is 0.489 e. The number of fused-ring (bicyclic) bond motifs is 2. The van der Waals surface area contributed by atoms with Gasteiger partial charge in [-0.1, -0.05) is 57.2 Å². The van der Waals surface area contributed by atoms with Gasteiger partial charge >= 0.3 is 0 Å². The van der Waals surface area contributed by atoms with Gasteiger partial charge in [0.2, 0.25) is 0 Å². The summed E-state index contributed by atoms with van der Waals surface area (Å²) < 4.78 is 23.3. The van der Waals surface area contributed by atoms with Crippen LogP contribution in [0.15, 0.2) is 42.5 Å². The van der Waals surface area contributed by atoms with Gasteiger partial charge in [-0.05, 0) is 17.0 Å². The van der Waals surface area contributed by atoms with Crippen LogP contribution in [0.5, 0.6) is 11.5 Å². The van der Waals surface area contributed by atoms with E-state index in [9.17, 15) is 0 Å². The first kappa shape index (κ1) is 17.8. The Bertz CT molecular complexity index is 1030. The van der Waals surface area contributed by atoms with E-state index in [0.29, 0.717) is 13.2 Å². The summed E-state index contributed by atoms with van der Waals surface area (Å²) in [4.78, 5) is 0. The topological polar surface area (TPSA) is 43.5 Å². The molecule has 2 heterocycles. The maximum Gasteiger partial charge on any atom is 0.135 e. The minimum Gasteiger partial charge on any atom is -0.489 e. The summed E-state index contributed by atoms with van der Waals surface area (Å²) in [6, 6.07) is 14.9. The van der Waals surface area contributed by atoms with Crippen LogP contribution in [0, 0.1) is 0 Å². The first-order valence-corrected chi connectivity index (χ1v) is 9.98. The minimum atomic E-state index is 0.0551. The molecule has 3 aromatic carbocycles. The molecule has 0 saturated carbocycles. The van der Waals surface area contributed by atoms with E-state index in [-0.39, 0.29) is 17.6 Å². The predicted octanol–water partition coefficient (Wildman–Crippen LogP) is 4.85. The van der Waals surface area contributed by atoms with Gasteiger partial charge in [-0.15, -0.1) is 0 Å². The van der Waals surface area contributed by atoms with Crippen molar-refractivity contribution in [3.63, 3.8) is 0 Å². The Morgan fingerprint density at radius 2 is 1.29 bits per heavy atom. The highest BCUT2D eigenvalue weighted by atomic mass is 16.6. The first-order chi connectivity index (χ1) is 13.5. The van der Waals surface area contributed by atoms with Gasteiger partial charge in [0, 0.05) is 21.5 Å². The lowest BCUT2D eigenvalue weighted by atomic mass is 9.85. The molecular formula is C24H26O4. The molecule has 2 fully saturated rings. The lowest BCUT2D eigenvalue weighted by Crippen LogP contribution is -2.11. The third-order valence-electron chi connectivity index (χ3n) is 5.42. The molecule has 5 rings (SSSR count). The molecule has 2 aliphatic heterocycles. The Hall–Kier alpha value is -2.30. The molecule has 0 amide bonds. The number of rotatable bonds is 6. The van der Waals surface area contributed by atoms with E-state index in [2.05, 4.69) is 57.2 Å². The van der Waals surface area contributed by atoms with Crippen LogP contribution in [-0.4, -0.2) is 38.6 Å². The van der Waals surface area contributed by atoms with E-state index in [0.717, 1.165) is 46.3 Å². The van der Waals surface area contributed by atoms with Crippen LogP contribution in [0.1, 0.15) is 26.3 Å². The molecule has 2 atom stereocenters. The molecule has 0 spiro atoms. The zero-order valence-corrected chi connectivity index (χ0v) is 16.7. The molecular weight excluding hydrogens is 352 g/mol. The molecule has 4 nitrogen and oxygen atoms in total. The SMILES string of the molecule is CC(C)(C)c1ccc2c(OCC3CO3)c3ccccc3c(OCC3CO3)c2c1. The van der Waals surface area contributed by atoms with Crippen LogP contribution < -0.4 is 9.47 Å². The van der Waals surface area contributed by atoms with Crippen LogP contribution in [0.25, 0.3) is 21.5 Å². The quantitative estimate of drug-likeness (QED) is 0.454. The van der Waals surface area contributed by atoms with Crippen molar-refractivity contribution in [2.75, 3.05) is 26.4 Å². The molecule has 4 heteroatoms. The zero-order valence-electron chi connectivity index (χ0n) is 16.7. The maximum absolute atomic E-state index is 6.31. The van der Waals surface area contributed by atoms with E-state index in [4.69, 9.17) is 18.9 Å². The van der Waals surface area contributed by atoms with Gasteiger partial charge in [0.1, 0.15) is 36.9 Å². The number of hydrogen-bond donors (Lipinski definition) is 0. The van der Waals surface area contributed by atoms with Crippen molar-refractivity contribution in [1.29, 1.82) is 0 Å². The molecule has 0 bridgehead atoms. The molecule has 0 radical (unpaired) electrons. The maximum atomic E-state index is 6.31. The lowest BCUT2D eigenvalue weighted by Gasteiger charge is -2.22. The van der Waals surface area contributed by atoms with Crippen LogP contribution in [0.2, 0.25) is 0 Å². The average molecular weight is 378 g/mol. The lowest BCUT2D eigenvalue weighted by molar-refractivity contribution is 0.264. The van der Waals surface area contributed by atoms with E-state index in [1.165, 1.54) is 5.56 Å². The number of ether oxygens (including phenoxy) is 4. The van der Waals surface area contributed by atoms with E-state index in [1.54, 1.807) is 0 Å². The van der Waals surface area contributed by atoms with Crippen molar-refractivity contribution in [3.8, 4) is 11.5 Å². The van der Waals surface area contributed by atoms with Crippen molar-refractivity contribution >= 4 is 21.5 Å². The Kier molecular flexibility index (Phi) is 4.22. The fourth-order valence-electron chi connectivity index (χ4n) is 3.56. The van der Waals surface area contributed by atoms with Gasteiger partial charge < -0.3 is 18.9 Å². The van der Waals surface area contributed by atoms with Crippen molar-refractivity contribution in [2.24, 2.45) is 0 Å². The zero-order chi connectivity index (χ0) is 19.3. The monoisotopic (exact) mass is 378 g/mol. The highest BCUT2D eigenvalue weighted by molar-refractivity contribution is 6.11. The molecule has 2 unspecified atom stereocenters. The Morgan fingerprint density at radius 3 is 1.79 bits per heavy atom. The molecule has 2 saturated heterocycles. The van der Waals surface area contributed by atoms with Crippen LogP contribution in [0.3, 0.4) is 0 Å². The molecule has 0 aromatic heterocycles. The molecule has 28 heavy (non-hydrogen) atoms. The minimum absolute atomic E-state index is 0.0551.